The number of nitrogens with zero attached hydrogens (tertiary/aromatic N) is 3. The molecule has 0 fully saturated rings. The summed E-state index contributed by atoms with van der Waals surface area (Å²) in [5.41, 5.74) is 0.852. The molecular weight excluding hydrogens is 289 g/mol. The van der Waals surface area contributed by atoms with Gasteiger partial charge in [-0.15, -0.1) is 0 Å². The number of aliphatic carboxylic acids is 1. The predicted molar refractivity (Wildman–Crippen MR) is 77.4 cm³/mol. The van der Waals surface area contributed by atoms with Crippen LogP contribution in [0.3, 0.4) is 0 Å². The Kier molecular flexibility index (Phi) is 4.88. The quantitative estimate of drug-likeness (QED) is 0.885. The summed E-state index contributed by atoms with van der Waals surface area (Å²) in [4.78, 5) is 24.3. The standard InChI is InChI=1S/C15H16FN3O3/c1-2-18(9-8-14(20)21)15(22)13-7-10-19(17-13)12-5-3-11(16)4-6-12/h3-7,10H,2,8-9H2,1H3,(H,20,21). The van der Waals surface area contributed by atoms with Gasteiger partial charge in [0.2, 0.25) is 0 Å². The van der Waals surface area contributed by atoms with Crippen LogP contribution in [0.4, 0.5) is 4.39 Å². The predicted octanol–water partition coefficient (Wildman–Crippen LogP) is 1.95. The molecule has 0 atom stereocenters. The number of carboxylic acid groups (broad SMARTS) is 1. The van der Waals surface area contributed by atoms with Crippen LogP contribution in [0.2, 0.25) is 0 Å². The molecule has 0 saturated carbocycles. The zero-order valence-corrected chi connectivity index (χ0v) is 12.1. The maximum Gasteiger partial charge on any atom is 0.305 e. The lowest BCUT2D eigenvalue weighted by Crippen LogP contribution is -2.33. The number of carbonyl (C=O) groups is 2. The first-order valence-electron chi connectivity index (χ1n) is 6.84. The van der Waals surface area contributed by atoms with E-state index < -0.39 is 5.97 Å². The van der Waals surface area contributed by atoms with Crippen molar-refractivity contribution in [2.45, 2.75) is 13.3 Å². The third-order valence-electron chi connectivity index (χ3n) is 3.16. The van der Waals surface area contributed by atoms with Crippen molar-refractivity contribution < 1.29 is 19.1 Å². The number of benzene rings is 1. The highest BCUT2D eigenvalue weighted by molar-refractivity contribution is 5.92. The van der Waals surface area contributed by atoms with E-state index >= 15 is 0 Å². The number of carboxylic acids is 1. The molecule has 1 aromatic carbocycles. The zero-order chi connectivity index (χ0) is 16.1. The lowest BCUT2D eigenvalue weighted by atomic mass is 10.3. The molecule has 1 aromatic heterocycles. The van der Waals surface area contributed by atoms with Crippen LogP contribution in [0.15, 0.2) is 36.5 Å². The average Bonchev–Trinajstić information content (AvgIpc) is 2.98. The largest absolute Gasteiger partial charge is 0.481 e. The van der Waals surface area contributed by atoms with E-state index in [-0.39, 0.29) is 30.4 Å². The molecule has 1 N–H and O–H groups in total. The molecule has 0 aliphatic carbocycles. The summed E-state index contributed by atoms with van der Waals surface area (Å²) in [6, 6.07) is 7.28. The van der Waals surface area contributed by atoms with Gasteiger partial charge in [0.1, 0.15) is 5.82 Å². The van der Waals surface area contributed by atoms with Gasteiger partial charge in [-0.3, -0.25) is 9.59 Å². The summed E-state index contributed by atoms with van der Waals surface area (Å²) < 4.78 is 14.4. The Labute approximate surface area is 126 Å². The van der Waals surface area contributed by atoms with Gasteiger partial charge in [-0.25, -0.2) is 9.07 Å². The van der Waals surface area contributed by atoms with Gasteiger partial charge in [-0.2, -0.15) is 5.10 Å². The number of hydrogen-bond donors (Lipinski definition) is 1. The van der Waals surface area contributed by atoms with Gasteiger partial charge in [-0.1, -0.05) is 0 Å². The van der Waals surface area contributed by atoms with Crippen molar-refractivity contribution in [3.63, 3.8) is 0 Å². The lowest BCUT2D eigenvalue weighted by Gasteiger charge is -2.18. The van der Waals surface area contributed by atoms with Crippen LogP contribution in [-0.2, 0) is 4.79 Å². The van der Waals surface area contributed by atoms with Crippen molar-refractivity contribution in [2.75, 3.05) is 13.1 Å². The second-order valence-corrected chi connectivity index (χ2v) is 4.65. The summed E-state index contributed by atoms with van der Waals surface area (Å²) in [6.45, 7) is 2.31. The fourth-order valence-electron chi connectivity index (χ4n) is 1.97. The van der Waals surface area contributed by atoms with E-state index in [2.05, 4.69) is 5.10 Å². The minimum absolute atomic E-state index is 0.113. The van der Waals surface area contributed by atoms with Crippen LogP contribution < -0.4 is 0 Å². The molecule has 2 aromatic rings. The molecule has 6 nitrogen and oxygen atoms in total. The fourth-order valence-corrected chi connectivity index (χ4v) is 1.97. The Morgan fingerprint density at radius 2 is 1.95 bits per heavy atom. The van der Waals surface area contributed by atoms with Gasteiger partial charge in [0.05, 0.1) is 12.1 Å². The summed E-state index contributed by atoms with van der Waals surface area (Å²) in [5.74, 6) is -1.63. The first kappa shape index (κ1) is 15.7. The van der Waals surface area contributed by atoms with Gasteiger partial charge in [0, 0.05) is 19.3 Å². The first-order chi connectivity index (χ1) is 10.5. The molecule has 2 rings (SSSR count). The van der Waals surface area contributed by atoms with Crippen LogP contribution >= 0.6 is 0 Å². The Morgan fingerprint density at radius 3 is 2.55 bits per heavy atom. The number of aromatic nitrogens is 2. The first-order valence-corrected chi connectivity index (χ1v) is 6.84. The van der Waals surface area contributed by atoms with Crippen molar-refractivity contribution in [2.24, 2.45) is 0 Å². The van der Waals surface area contributed by atoms with Gasteiger partial charge < -0.3 is 10.0 Å². The lowest BCUT2D eigenvalue weighted by molar-refractivity contribution is -0.137. The second kappa shape index (κ2) is 6.84. The third-order valence-corrected chi connectivity index (χ3v) is 3.16. The molecular formula is C15H16FN3O3. The summed E-state index contributed by atoms with van der Waals surface area (Å²) in [5, 5.41) is 12.9. The highest BCUT2D eigenvalue weighted by atomic mass is 19.1. The second-order valence-electron chi connectivity index (χ2n) is 4.65. The fraction of sp³-hybridized carbons (Fsp3) is 0.267. The highest BCUT2D eigenvalue weighted by Gasteiger charge is 2.18. The van der Waals surface area contributed by atoms with E-state index in [9.17, 15) is 14.0 Å². The maximum atomic E-state index is 12.9. The molecule has 22 heavy (non-hydrogen) atoms. The Bertz CT molecular complexity index is 667. The summed E-state index contributed by atoms with van der Waals surface area (Å²) in [6.07, 6.45) is 1.49. The van der Waals surface area contributed by atoms with Crippen molar-refractivity contribution in [1.82, 2.24) is 14.7 Å². The van der Waals surface area contributed by atoms with E-state index in [0.717, 1.165) is 0 Å². The van der Waals surface area contributed by atoms with Crippen LogP contribution in [0, 0.1) is 5.82 Å². The van der Waals surface area contributed by atoms with Crippen molar-refractivity contribution >= 4 is 11.9 Å². The van der Waals surface area contributed by atoms with E-state index in [1.165, 1.54) is 21.7 Å². The van der Waals surface area contributed by atoms with Crippen LogP contribution in [0.1, 0.15) is 23.8 Å². The van der Waals surface area contributed by atoms with Crippen molar-refractivity contribution in [1.29, 1.82) is 0 Å². The smallest absolute Gasteiger partial charge is 0.305 e. The van der Waals surface area contributed by atoms with Crippen LogP contribution in [-0.4, -0.2) is 44.8 Å². The molecule has 1 amide bonds. The van der Waals surface area contributed by atoms with Gasteiger partial charge in [0.25, 0.3) is 5.91 Å². The third kappa shape index (κ3) is 3.69. The molecule has 1 heterocycles. The van der Waals surface area contributed by atoms with E-state index in [0.29, 0.717) is 12.2 Å². The SMILES string of the molecule is CCN(CCC(=O)O)C(=O)c1ccn(-c2ccc(F)cc2)n1. The van der Waals surface area contributed by atoms with Gasteiger partial charge in [0.15, 0.2) is 5.69 Å². The molecule has 0 aliphatic rings. The Hall–Kier alpha value is -2.70. The van der Waals surface area contributed by atoms with E-state index in [1.807, 2.05) is 0 Å². The Balaban J connectivity index is 2.14. The summed E-state index contributed by atoms with van der Waals surface area (Å²) in [7, 11) is 0. The number of halogens is 1. The molecule has 0 radical (unpaired) electrons. The Morgan fingerprint density at radius 1 is 1.27 bits per heavy atom. The van der Waals surface area contributed by atoms with Crippen LogP contribution in [0.5, 0.6) is 0 Å². The molecule has 0 spiro atoms. The molecule has 0 aliphatic heterocycles. The number of hydrogen-bond acceptors (Lipinski definition) is 3. The van der Waals surface area contributed by atoms with E-state index in [4.69, 9.17) is 5.11 Å². The van der Waals surface area contributed by atoms with Gasteiger partial charge in [-0.05, 0) is 37.3 Å². The minimum atomic E-state index is -0.955. The number of carbonyl (C=O) groups excluding carboxylic acids is 1. The topological polar surface area (TPSA) is 75.4 Å². The minimum Gasteiger partial charge on any atom is -0.481 e. The van der Waals surface area contributed by atoms with E-state index in [1.54, 1.807) is 31.3 Å². The van der Waals surface area contributed by atoms with Crippen molar-refractivity contribution in [3.05, 3.63) is 48.0 Å². The molecule has 7 heteroatoms. The maximum absolute atomic E-state index is 12.9. The molecule has 0 bridgehead atoms. The molecule has 116 valence electrons. The number of rotatable bonds is 6. The molecule has 0 saturated heterocycles. The van der Waals surface area contributed by atoms with Gasteiger partial charge >= 0.3 is 5.97 Å². The average molecular weight is 305 g/mol. The molecule has 0 unspecified atom stereocenters. The van der Waals surface area contributed by atoms with Crippen LogP contribution in [0.25, 0.3) is 5.69 Å². The summed E-state index contributed by atoms with van der Waals surface area (Å²) >= 11 is 0. The van der Waals surface area contributed by atoms with Crippen molar-refractivity contribution in [3.8, 4) is 5.69 Å². The normalized spacial score (nSPS) is 10.5. The highest BCUT2D eigenvalue weighted by Crippen LogP contribution is 2.10. The monoisotopic (exact) mass is 305 g/mol. The zero-order valence-electron chi connectivity index (χ0n) is 12.1. The number of amides is 1.